The van der Waals surface area contributed by atoms with Crippen LogP contribution in [0, 0.1) is 5.92 Å². The van der Waals surface area contributed by atoms with Crippen LogP contribution in [0.15, 0.2) is 6.20 Å². The van der Waals surface area contributed by atoms with Crippen molar-refractivity contribution in [2.24, 2.45) is 5.92 Å². The first-order valence-corrected chi connectivity index (χ1v) is 4.82. The van der Waals surface area contributed by atoms with Gasteiger partial charge in [-0.3, -0.25) is 4.79 Å². The number of nitrogens with zero attached hydrogens (tertiary/aromatic N) is 2. The lowest BCUT2D eigenvalue weighted by molar-refractivity contribution is -0.141. The molecule has 0 aromatic carbocycles. The van der Waals surface area contributed by atoms with Crippen LogP contribution in [0.4, 0.5) is 11.5 Å². The molecule has 0 aliphatic carbocycles. The molecule has 0 bridgehead atoms. The van der Waals surface area contributed by atoms with Crippen molar-refractivity contribution in [1.82, 2.24) is 9.78 Å². The first-order chi connectivity index (χ1) is 7.02. The van der Waals surface area contributed by atoms with Gasteiger partial charge >= 0.3 is 5.97 Å². The maximum atomic E-state index is 10.5. The van der Waals surface area contributed by atoms with Gasteiger partial charge < -0.3 is 16.6 Å². The first kappa shape index (κ1) is 11.4. The zero-order valence-corrected chi connectivity index (χ0v) is 8.68. The minimum atomic E-state index is -0.775. The summed E-state index contributed by atoms with van der Waals surface area (Å²) in [6, 6.07) is 0. The van der Waals surface area contributed by atoms with Crippen molar-refractivity contribution < 1.29 is 9.90 Å². The summed E-state index contributed by atoms with van der Waals surface area (Å²) in [6.45, 7) is 2.28. The third kappa shape index (κ3) is 2.87. The highest BCUT2D eigenvalue weighted by molar-refractivity contribution is 5.69. The van der Waals surface area contributed by atoms with E-state index in [1.807, 2.05) is 0 Å². The van der Waals surface area contributed by atoms with Crippen molar-refractivity contribution in [3.8, 4) is 0 Å². The second-order valence-corrected chi connectivity index (χ2v) is 3.59. The molecular formula is C9H16N4O2. The molecule has 0 saturated carbocycles. The van der Waals surface area contributed by atoms with Crippen molar-refractivity contribution >= 4 is 17.5 Å². The number of rotatable bonds is 5. The minimum Gasteiger partial charge on any atom is -0.481 e. The molecule has 5 N–H and O–H groups in total. The lowest BCUT2D eigenvalue weighted by atomic mass is 10.1. The molecule has 1 aromatic rings. The molecular weight excluding hydrogens is 196 g/mol. The number of carboxylic acid groups (broad SMARTS) is 1. The van der Waals surface area contributed by atoms with Crippen molar-refractivity contribution in [3.63, 3.8) is 0 Å². The highest BCUT2D eigenvalue weighted by Gasteiger charge is 2.10. The van der Waals surface area contributed by atoms with Gasteiger partial charge in [-0.1, -0.05) is 6.92 Å². The van der Waals surface area contributed by atoms with Gasteiger partial charge in [-0.25, -0.2) is 4.68 Å². The maximum Gasteiger partial charge on any atom is 0.306 e. The van der Waals surface area contributed by atoms with E-state index in [9.17, 15) is 4.79 Å². The highest BCUT2D eigenvalue weighted by atomic mass is 16.4. The number of carbonyl (C=O) groups is 1. The Morgan fingerprint density at radius 1 is 1.67 bits per heavy atom. The zero-order chi connectivity index (χ0) is 11.4. The number of anilines is 2. The van der Waals surface area contributed by atoms with E-state index in [0.29, 0.717) is 24.5 Å². The summed E-state index contributed by atoms with van der Waals surface area (Å²) in [5, 5.41) is 12.6. The standard InChI is InChI=1S/C9H16N4O2/c1-6(9(14)15)3-2-4-13-8(11)7(10)5-12-13/h5-6H,2-4,10-11H2,1H3,(H,14,15). The summed E-state index contributed by atoms with van der Waals surface area (Å²) < 4.78 is 1.59. The average Bonchev–Trinajstić information content (AvgIpc) is 2.49. The van der Waals surface area contributed by atoms with Gasteiger partial charge in [0.05, 0.1) is 17.8 Å². The van der Waals surface area contributed by atoms with Crippen molar-refractivity contribution in [2.75, 3.05) is 11.5 Å². The van der Waals surface area contributed by atoms with Gasteiger partial charge in [0.1, 0.15) is 5.82 Å². The molecule has 6 nitrogen and oxygen atoms in total. The van der Waals surface area contributed by atoms with Crippen LogP contribution in [0.2, 0.25) is 0 Å². The van der Waals surface area contributed by atoms with E-state index in [-0.39, 0.29) is 5.92 Å². The Morgan fingerprint density at radius 3 is 2.80 bits per heavy atom. The van der Waals surface area contributed by atoms with E-state index in [2.05, 4.69) is 5.10 Å². The molecule has 84 valence electrons. The number of aryl methyl sites for hydroxylation is 1. The molecule has 0 saturated heterocycles. The summed E-state index contributed by atoms with van der Waals surface area (Å²) >= 11 is 0. The Kier molecular flexibility index (Phi) is 3.54. The number of carboxylic acids is 1. The fourth-order valence-corrected chi connectivity index (χ4v) is 1.26. The Morgan fingerprint density at radius 2 is 2.33 bits per heavy atom. The Bertz CT molecular complexity index is 348. The van der Waals surface area contributed by atoms with Crippen LogP contribution < -0.4 is 11.5 Å². The van der Waals surface area contributed by atoms with E-state index >= 15 is 0 Å². The summed E-state index contributed by atoms with van der Waals surface area (Å²) in [4.78, 5) is 10.5. The molecule has 0 amide bonds. The second kappa shape index (κ2) is 4.68. The van der Waals surface area contributed by atoms with Crippen molar-refractivity contribution in [3.05, 3.63) is 6.20 Å². The fraction of sp³-hybridized carbons (Fsp3) is 0.556. The first-order valence-electron chi connectivity index (χ1n) is 4.82. The van der Waals surface area contributed by atoms with Crippen LogP contribution in [0.25, 0.3) is 0 Å². The molecule has 15 heavy (non-hydrogen) atoms. The largest absolute Gasteiger partial charge is 0.481 e. The molecule has 1 unspecified atom stereocenters. The normalized spacial score (nSPS) is 12.6. The van der Waals surface area contributed by atoms with Gasteiger partial charge in [0.2, 0.25) is 0 Å². The molecule has 1 aromatic heterocycles. The molecule has 0 aliphatic rings. The Labute approximate surface area is 87.9 Å². The second-order valence-electron chi connectivity index (χ2n) is 3.59. The van der Waals surface area contributed by atoms with Gasteiger partial charge in [0.15, 0.2) is 0 Å². The summed E-state index contributed by atoms with van der Waals surface area (Å²) in [5.41, 5.74) is 11.6. The predicted octanol–water partition coefficient (Wildman–Crippen LogP) is 0.548. The van der Waals surface area contributed by atoms with Gasteiger partial charge in [0, 0.05) is 6.54 Å². The van der Waals surface area contributed by atoms with Gasteiger partial charge in [-0.05, 0) is 12.8 Å². The quantitative estimate of drug-likeness (QED) is 0.660. The van der Waals surface area contributed by atoms with E-state index < -0.39 is 5.97 Å². The smallest absolute Gasteiger partial charge is 0.306 e. The molecule has 0 fully saturated rings. The van der Waals surface area contributed by atoms with E-state index in [4.69, 9.17) is 16.6 Å². The molecule has 1 heterocycles. The lowest BCUT2D eigenvalue weighted by Gasteiger charge is -2.07. The third-order valence-corrected chi connectivity index (χ3v) is 2.34. The Hall–Kier alpha value is -1.72. The van der Waals surface area contributed by atoms with Crippen LogP contribution in [0.3, 0.4) is 0 Å². The molecule has 6 heteroatoms. The Balaban J connectivity index is 2.38. The average molecular weight is 212 g/mol. The number of nitrogens with two attached hydrogens (primary N) is 2. The predicted molar refractivity (Wildman–Crippen MR) is 57.1 cm³/mol. The van der Waals surface area contributed by atoms with E-state index in [1.54, 1.807) is 11.6 Å². The van der Waals surface area contributed by atoms with Gasteiger partial charge in [0.25, 0.3) is 0 Å². The highest BCUT2D eigenvalue weighted by Crippen LogP contribution is 2.14. The SMILES string of the molecule is CC(CCCn1ncc(N)c1N)C(=O)O. The lowest BCUT2D eigenvalue weighted by Crippen LogP contribution is -2.11. The topological polar surface area (TPSA) is 107 Å². The summed E-state index contributed by atoms with van der Waals surface area (Å²) in [7, 11) is 0. The summed E-state index contributed by atoms with van der Waals surface area (Å²) in [5.74, 6) is -0.667. The molecule has 0 spiro atoms. The maximum absolute atomic E-state index is 10.5. The monoisotopic (exact) mass is 212 g/mol. The van der Waals surface area contributed by atoms with Crippen molar-refractivity contribution in [2.45, 2.75) is 26.3 Å². The third-order valence-electron chi connectivity index (χ3n) is 2.34. The molecule has 1 atom stereocenters. The van der Waals surface area contributed by atoms with Crippen LogP contribution >= 0.6 is 0 Å². The number of aromatic nitrogens is 2. The zero-order valence-electron chi connectivity index (χ0n) is 8.68. The van der Waals surface area contributed by atoms with Crippen LogP contribution in [0.5, 0.6) is 0 Å². The summed E-state index contributed by atoms with van der Waals surface area (Å²) in [6.07, 6.45) is 2.82. The number of hydrogen-bond acceptors (Lipinski definition) is 4. The van der Waals surface area contributed by atoms with Crippen molar-refractivity contribution in [1.29, 1.82) is 0 Å². The molecule has 1 rings (SSSR count). The number of aliphatic carboxylic acids is 1. The van der Waals surface area contributed by atoms with Gasteiger partial charge in [-0.2, -0.15) is 5.10 Å². The number of nitrogen functional groups attached to an aromatic ring is 2. The molecule has 0 aliphatic heterocycles. The van der Waals surface area contributed by atoms with E-state index in [0.717, 1.165) is 6.42 Å². The van der Waals surface area contributed by atoms with Gasteiger partial charge in [-0.15, -0.1) is 0 Å². The van der Waals surface area contributed by atoms with Crippen LogP contribution in [0.1, 0.15) is 19.8 Å². The molecule has 0 radical (unpaired) electrons. The minimum absolute atomic E-state index is 0.334. The number of hydrogen-bond donors (Lipinski definition) is 3. The van der Waals surface area contributed by atoms with E-state index in [1.165, 1.54) is 6.20 Å². The van der Waals surface area contributed by atoms with Crippen LogP contribution in [-0.4, -0.2) is 20.9 Å². The fourth-order valence-electron chi connectivity index (χ4n) is 1.26. The van der Waals surface area contributed by atoms with Crippen LogP contribution in [-0.2, 0) is 11.3 Å².